The van der Waals surface area contributed by atoms with Crippen LogP contribution in [0.25, 0.3) is 10.2 Å². The number of nitrogens with zero attached hydrogens (tertiary/aromatic N) is 2. The number of nitrogens with one attached hydrogen (secondary N) is 1. The zero-order valence-electron chi connectivity index (χ0n) is 16.5. The van der Waals surface area contributed by atoms with Gasteiger partial charge in [0.05, 0.1) is 27.5 Å². The predicted octanol–water partition coefficient (Wildman–Crippen LogP) is 4.51. The lowest BCUT2D eigenvalue weighted by Gasteiger charge is -2.31. The number of carbonyl (C=O) groups excluding carboxylic acids is 2. The number of thiazole rings is 1. The van der Waals surface area contributed by atoms with Gasteiger partial charge in [0.2, 0.25) is 0 Å². The van der Waals surface area contributed by atoms with Gasteiger partial charge in [-0.2, -0.15) is 0 Å². The van der Waals surface area contributed by atoms with E-state index in [1.165, 1.54) is 9.71 Å². The number of carbonyl (C=O) groups is 2. The monoisotopic (exact) mass is 395 g/mol. The van der Waals surface area contributed by atoms with Crippen molar-refractivity contribution in [2.45, 2.75) is 39.5 Å². The molecule has 5 nitrogen and oxygen atoms in total. The summed E-state index contributed by atoms with van der Waals surface area (Å²) in [6.07, 6.45) is 2.18. The molecule has 0 saturated carbocycles. The Kier molecular flexibility index (Phi) is 5.17. The van der Waals surface area contributed by atoms with Crippen molar-refractivity contribution >= 4 is 33.1 Å². The van der Waals surface area contributed by atoms with Crippen LogP contribution >= 0.6 is 11.3 Å². The van der Waals surface area contributed by atoms with E-state index in [-0.39, 0.29) is 11.6 Å². The minimum atomic E-state index is -0.000766. The van der Waals surface area contributed by atoms with Crippen molar-refractivity contribution in [2.75, 3.05) is 19.6 Å². The first-order valence-electron chi connectivity index (χ1n) is 9.75. The minimum Gasteiger partial charge on any atom is -0.355 e. The van der Waals surface area contributed by atoms with Crippen LogP contribution in [0.5, 0.6) is 0 Å². The standard InChI is InChI=1S/C22H25N3O2S/c1-13-20(15(3)26)14(2)23-21(13)18(27)12-25-10-6-7-16(11-25)22-24-17-8-4-5-9-19(17)28-22/h4-5,8-9,16,23H,6-7,10-12H2,1-3H3/t16-/m0/s1. The first kappa shape index (κ1) is 19.0. The van der Waals surface area contributed by atoms with Gasteiger partial charge in [-0.25, -0.2) is 4.98 Å². The normalized spacial score (nSPS) is 17.9. The predicted molar refractivity (Wildman–Crippen MR) is 113 cm³/mol. The topological polar surface area (TPSA) is 66.1 Å². The highest BCUT2D eigenvalue weighted by molar-refractivity contribution is 7.18. The van der Waals surface area contributed by atoms with Crippen LogP contribution in [0, 0.1) is 13.8 Å². The minimum absolute atomic E-state index is 0.000766. The number of aromatic amines is 1. The van der Waals surface area contributed by atoms with E-state index >= 15 is 0 Å². The van der Waals surface area contributed by atoms with E-state index < -0.39 is 0 Å². The number of rotatable bonds is 5. The number of piperidine rings is 1. The number of benzene rings is 1. The lowest BCUT2D eigenvalue weighted by atomic mass is 9.98. The van der Waals surface area contributed by atoms with E-state index in [2.05, 4.69) is 22.0 Å². The Morgan fingerprint density at radius 3 is 2.79 bits per heavy atom. The van der Waals surface area contributed by atoms with E-state index in [0.29, 0.717) is 23.7 Å². The summed E-state index contributed by atoms with van der Waals surface area (Å²) in [5.41, 5.74) is 3.83. The molecule has 1 fully saturated rings. The van der Waals surface area contributed by atoms with Gasteiger partial charge < -0.3 is 4.98 Å². The zero-order chi connectivity index (χ0) is 19.8. The number of aryl methyl sites for hydroxylation is 1. The maximum Gasteiger partial charge on any atom is 0.193 e. The SMILES string of the molecule is CC(=O)c1c(C)[nH]c(C(=O)CN2CCC[C@H](c3nc4ccccc4s3)C2)c1C. The van der Waals surface area contributed by atoms with Gasteiger partial charge in [-0.05, 0) is 57.9 Å². The van der Waals surface area contributed by atoms with Crippen molar-refractivity contribution in [1.82, 2.24) is 14.9 Å². The van der Waals surface area contributed by atoms with Gasteiger partial charge in [-0.15, -0.1) is 11.3 Å². The molecular weight excluding hydrogens is 370 g/mol. The fourth-order valence-electron chi connectivity index (χ4n) is 4.30. The third kappa shape index (κ3) is 3.54. The van der Waals surface area contributed by atoms with E-state index in [1.54, 1.807) is 18.3 Å². The number of hydrogen-bond acceptors (Lipinski definition) is 5. The highest BCUT2D eigenvalue weighted by atomic mass is 32.1. The van der Waals surface area contributed by atoms with Gasteiger partial charge in [0.25, 0.3) is 0 Å². The highest BCUT2D eigenvalue weighted by Gasteiger charge is 2.27. The number of fused-ring (bicyclic) bond motifs is 1. The first-order valence-corrected chi connectivity index (χ1v) is 10.6. The molecule has 1 N–H and O–H groups in total. The maximum atomic E-state index is 12.9. The molecule has 4 rings (SSSR count). The van der Waals surface area contributed by atoms with Crippen LogP contribution < -0.4 is 0 Å². The molecule has 0 bridgehead atoms. The van der Waals surface area contributed by atoms with Crippen LogP contribution in [0.3, 0.4) is 0 Å². The van der Waals surface area contributed by atoms with Crippen molar-refractivity contribution in [2.24, 2.45) is 0 Å². The number of H-pyrrole nitrogens is 1. The van der Waals surface area contributed by atoms with Crippen LogP contribution in [-0.4, -0.2) is 46.1 Å². The summed E-state index contributed by atoms with van der Waals surface area (Å²) >= 11 is 1.77. The quantitative estimate of drug-likeness (QED) is 0.646. The molecule has 28 heavy (non-hydrogen) atoms. The van der Waals surface area contributed by atoms with Gasteiger partial charge >= 0.3 is 0 Å². The second-order valence-corrected chi connectivity index (χ2v) is 8.76. The number of likely N-dealkylation sites (tertiary alicyclic amines) is 1. The first-order chi connectivity index (χ1) is 13.4. The van der Waals surface area contributed by atoms with Crippen molar-refractivity contribution in [1.29, 1.82) is 0 Å². The zero-order valence-corrected chi connectivity index (χ0v) is 17.4. The number of ketones is 2. The van der Waals surface area contributed by atoms with Crippen molar-refractivity contribution in [3.63, 3.8) is 0 Å². The molecule has 1 atom stereocenters. The summed E-state index contributed by atoms with van der Waals surface area (Å²) in [6, 6.07) is 8.24. The van der Waals surface area contributed by atoms with Crippen LogP contribution in [0.2, 0.25) is 0 Å². The Balaban J connectivity index is 1.49. The lowest BCUT2D eigenvalue weighted by molar-refractivity contribution is 0.0901. The Bertz CT molecular complexity index is 1020. The average Bonchev–Trinajstić information content (AvgIpc) is 3.22. The second-order valence-electron chi connectivity index (χ2n) is 7.70. The van der Waals surface area contributed by atoms with E-state index in [1.807, 2.05) is 26.0 Å². The molecule has 0 unspecified atom stereocenters. The Hall–Kier alpha value is -2.31. The molecule has 1 aliphatic heterocycles. The molecule has 0 spiro atoms. The van der Waals surface area contributed by atoms with Gasteiger partial charge in [-0.1, -0.05) is 12.1 Å². The highest BCUT2D eigenvalue weighted by Crippen LogP contribution is 2.33. The Labute approximate surface area is 168 Å². The summed E-state index contributed by atoms with van der Waals surface area (Å²) in [7, 11) is 0. The van der Waals surface area contributed by atoms with Crippen LogP contribution in [0.4, 0.5) is 0 Å². The third-order valence-electron chi connectivity index (χ3n) is 5.60. The number of aromatic nitrogens is 2. The van der Waals surface area contributed by atoms with Crippen LogP contribution in [0.1, 0.15) is 62.8 Å². The average molecular weight is 396 g/mol. The molecule has 6 heteroatoms. The molecule has 146 valence electrons. The smallest absolute Gasteiger partial charge is 0.193 e. The van der Waals surface area contributed by atoms with Crippen molar-refractivity contribution in [3.8, 4) is 0 Å². The van der Waals surface area contributed by atoms with Crippen molar-refractivity contribution in [3.05, 3.63) is 51.8 Å². The molecule has 0 aliphatic carbocycles. The molecule has 1 aliphatic rings. The molecule has 3 aromatic rings. The third-order valence-corrected chi connectivity index (χ3v) is 6.80. The van der Waals surface area contributed by atoms with Gasteiger partial charge in [-0.3, -0.25) is 14.5 Å². The van der Waals surface area contributed by atoms with Gasteiger partial charge in [0.1, 0.15) is 0 Å². The number of hydrogen-bond donors (Lipinski definition) is 1. The summed E-state index contributed by atoms with van der Waals surface area (Å²) in [4.78, 5) is 34.9. The van der Waals surface area contributed by atoms with E-state index in [4.69, 9.17) is 4.98 Å². The Morgan fingerprint density at radius 2 is 2.07 bits per heavy atom. The van der Waals surface area contributed by atoms with Gasteiger partial charge in [0, 0.05) is 23.7 Å². The van der Waals surface area contributed by atoms with Crippen LogP contribution in [0.15, 0.2) is 24.3 Å². The lowest BCUT2D eigenvalue weighted by Crippen LogP contribution is -2.38. The summed E-state index contributed by atoms with van der Waals surface area (Å²) < 4.78 is 1.22. The summed E-state index contributed by atoms with van der Waals surface area (Å²) in [5, 5.41) is 1.17. The molecule has 2 aromatic heterocycles. The molecule has 3 heterocycles. The summed E-state index contributed by atoms with van der Waals surface area (Å²) in [5.74, 6) is 0.426. The van der Waals surface area contributed by atoms with Gasteiger partial charge in [0.15, 0.2) is 11.6 Å². The molecule has 0 radical (unpaired) electrons. The van der Waals surface area contributed by atoms with E-state index in [9.17, 15) is 9.59 Å². The molecule has 1 aromatic carbocycles. The molecule has 1 saturated heterocycles. The Morgan fingerprint density at radius 1 is 1.29 bits per heavy atom. The fourth-order valence-corrected chi connectivity index (χ4v) is 5.40. The van der Waals surface area contributed by atoms with Crippen LogP contribution in [-0.2, 0) is 0 Å². The molecular formula is C22H25N3O2S. The maximum absolute atomic E-state index is 12.9. The fraction of sp³-hybridized carbons (Fsp3) is 0.409. The summed E-state index contributed by atoms with van der Waals surface area (Å²) in [6.45, 7) is 7.40. The van der Waals surface area contributed by atoms with Crippen molar-refractivity contribution < 1.29 is 9.59 Å². The largest absolute Gasteiger partial charge is 0.355 e. The number of Topliss-reactive ketones (excluding diaryl/α,β-unsaturated/α-hetero) is 2. The number of para-hydroxylation sites is 1. The second kappa shape index (κ2) is 7.60. The van der Waals surface area contributed by atoms with E-state index in [0.717, 1.165) is 42.7 Å². The molecule has 0 amide bonds.